The number of anilines is 3. The van der Waals surface area contributed by atoms with Gasteiger partial charge < -0.3 is 20.1 Å². The molecule has 0 heterocycles. The Hall–Kier alpha value is -4.35. The van der Waals surface area contributed by atoms with Crippen molar-refractivity contribution in [2.45, 2.75) is 11.8 Å². The van der Waals surface area contributed by atoms with E-state index in [9.17, 15) is 18.0 Å². The van der Waals surface area contributed by atoms with Crippen molar-refractivity contribution in [2.75, 3.05) is 29.1 Å². The fourth-order valence-electron chi connectivity index (χ4n) is 3.69. The molecule has 206 valence electrons. The van der Waals surface area contributed by atoms with Crippen LogP contribution in [-0.4, -0.2) is 33.9 Å². The quantitative estimate of drug-likeness (QED) is 0.204. The average molecular weight is 625 g/mol. The minimum Gasteiger partial charge on any atom is -0.497 e. The molecule has 0 radical (unpaired) electrons. The first-order chi connectivity index (χ1) is 19.1. The highest BCUT2D eigenvalue weighted by Gasteiger charge is 2.20. The average Bonchev–Trinajstić information content (AvgIpc) is 2.94. The van der Waals surface area contributed by atoms with Gasteiger partial charge in [0.1, 0.15) is 11.5 Å². The lowest BCUT2D eigenvalue weighted by Gasteiger charge is -2.14. The molecule has 4 rings (SSSR count). The smallest absolute Gasteiger partial charge is 0.262 e. The molecule has 9 nitrogen and oxygen atoms in total. The number of benzene rings is 4. The summed E-state index contributed by atoms with van der Waals surface area (Å²) in [7, 11) is -2.43. The second-order valence-electron chi connectivity index (χ2n) is 8.61. The van der Waals surface area contributed by atoms with Crippen molar-refractivity contribution in [1.82, 2.24) is 0 Å². The van der Waals surface area contributed by atoms with Gasteiger partial charge >= 0.3 is 0 Å². The lowest BCUT2D eigenvalue weighted by Crippen LogP contribution is -2.21. The number of aryl methyl sites for hydroxylation is 1. The summed E-state index contributed by atoms with van der Waals surface area (Å²) in [4.78, 5) is 25.5. The van der Waals surface area contributed by atoms with Crippen LogP contribution in [0.3, 0.4) is 0 Å². The van der Waals surface area contributed by atoms with Crippen LogP contribution in [0.2, 0.25) is 0 Å². The van der Waals surface area contributed by atoms with Crippen molar-refractivity contribution in [3.05, 3.63) is 107 Å². The summed E-state index contributed by atoms with van der Waals surface area (Å²) in [5.74, 6) is -0.125. The monoisotopic (exact) mass is 623 g/mol. The molecule has 2 amide bonds. The Morgan fingerprint density at radius 2 is 1.48 bits per heavy atom. The second kappa shape index (κ2) is 12.7. The van der Waals surface area contributed by atoms with Crippen molar-refractivity contribution in [2.24, 2.45) is 0 Å². The Bertz CT molecular complexity index is 1620. The first-order valence-electron chi connectivity index (χ1n) is 12.0. The molecule has 0 saturated carbocycles. The van der Waals surface area contributed by atoms with Crippen LogP contribution in [-0.2, 0) is 14.8 Å². The number of amides is 2. The Kier molecular flexibility index (Phi) is 9.08. The molecule has 0 aliphatic carbocycles. The summed E-state index contributed by atoms with van der Waals surface area (Å²) >= 11 is 3.34. The SMILES string of the molecule is COc1ccc(NS(=O)(=O)c2cc(NC(=O)c3ccccc3OCC(=O)Nc3ccc(Br)cc3)ccc2C)cc1. The van der Waals surface area contributed by atoms with Crippen molar-refractivity contribution < 1.29 is 27.5 Å². The van der Waals surface area contributed by atoms with Crippen molar-refractivity contribution in [3.63, 3.8) is 0 Å². The summed E-state index contributed by atoms with van der Waals surface area (Å²) in [6.45, 7) is 1.35. The fraction of sp³-hybridized carbons (Fsp3) is 0.103. The highest BCUT2D eigenvalue weighted by molar-refractivity contribution is 9.10. The number of ether oxygens (including phenoxy) is 2. The van der Waals surface area contributed by atoms with Crippen LogP contribution in [0.5, 0.6) is 11.5 Å². The van der Waals surface area contributed by atoms with Gasteiger partial charge in [0.05, 0.1) is 17.6 Å². The highest BCUT2D eigenvalue weighted by Crippen LogP contribution is 2.26. The molecule has 0 aromatic heterocycles. The van der Waals surface area contributed by atoms with Crippen LogP contribution in [0.1, 0.15) is 15.9 Å². The van der Waals surface area contributed by atoms with Gasteiger partial charge in [-0.3, -0.25) is 14.3 Å². The summed E-state index contributed by atoms with van der Waals surface area (Å²) in [5.41, 5.74) is 1.92. The third-order valence-electron chi connectivity index (χ3n) is 5.70. The van der Waals surface area contributed by atoms with Gasteiger partial charge in [0.25, 0.3) is 21.8 Å². The van der Waals surface area contributed by atoms with Gasteiger partial charge in [0.2, 0.25) is 0 Å². The number of carbonyl (C=O) groups excluding carboxylic acids is 2. The normalized spacial score (nSPS) is 10.9. The van der Waals surface area contributed by atoms with E-state index in [1.54, 1.807) is 91.9 Å². The first kappa shape index (κ1) is 28.7. The van der Waals surface area contributed by atoms with Crippen molar-refractivity contribution in [3.8, 4) is 11.5 Å². The molecule has 0 fully saturated rings. The molecule has 4 aromatic carbocycles. The first-order valence-corrected chi connectivity index (χ1v) is 14.3. The molecular weight excluding hydrogens is 598 g/mol. The number of para-hydroxylation sites is 1. The maximum atomic E-state index is 13.1. The fourth-order valence-corrected chi connectivity index (χ4v) is 5.28. The Morgan fingerprint density at radius 1 is 0.825 bits per heavy atom. The van der Waals surface area contributed by atoms with E-state index in [1.807, 2.05) is 0 Å². The number of hydrogen-bond donors (Lipinski definition) is 3. The van der Waals surface area contributed by atoms with Gasteiger partial charge in [-0.2, -0.15) is 0 Å². The van der Waals surface area contributed by atoms with E-state index in [-0.39, 0.29) is 28.5 Å². The van der Waals surface area contributed by atoms with E-state index in [0.29, 0.717) is 22.7 Å². The molecule has 40 heavy (non-hydrogen) atoms. The third kappa shape index (κ3) is 7.39. The van der Waals surface area contributed by atoms with Crippen LogP contribution in [0.25, 0.3) is 0 Å². The molecule has 11 heteroatoms. The number of hydrogen-bond acceptors (Lipinski definition) is 6. The molecule has 0 bridgehead atoms. The molecule has 0 aliphatic heterocycles. The summed E-state index contributed by atoms with van der Waals surface area (Å²) < 4.78 is 40.4. The summed E-state index contributed by atoms with van der Waals surface area (Å²) in [5, 5.41) is 5.44. The van der Waals surface area contributed by atoms with Gasteiger partial charge in [0.15, 0.2) is 6.61 Å². The molecule has 0 aliphatic rings. The zero-order valence-electron chi connectivity index (χ0n) is 21.6. The zero-order valence-corrected chi connectivity index (χ0v) is 24.0. The molecule has 0 atom stereocenters. The van der Waals surface area contributed by atoms with Gasteiger partial charge in [0, 0.05) is 21.5 Å². The van der Waals surface area contributed by atoms with E-state index < -0.39 is 21.8 Å². The number of methoxy groups -OCH3 is 1. The zero-order chi connectivity index (χ0) is 28.7. The Balaban J connectivity index is 1.45. The Labute approximate surface area is 240 Å². The number of sulfonamides is 1. The van der Waals surface area contributed by atoms with E-state index >= 15 is 0 Å². The lowest BCUT2D eigenvalue weighted by atomic mass is 10.1. The number of nitrogens with one attached hydrogen (secondary N) is 3. The molecule has 4 aromatic rings. The van der Waals surface area contributed by atoms with Gasteiger partial charge in [-0.05, 0) is 85.3 Å². The molecule has 0 spiro atoms. The van der Waals surface area contributed by atoms with Crippen LogP contribution in [0.15, 0.2) is 100 Å². The maximum Gasteiger partial charge on any atom is 0.262 e. The van der Waals surface area contributed by atoms with Gasteiger partial charge in [-0.1, -0.05) is 34.1 Å². The van der Waals surface area contributed by atoms with Crippen LogP contribution in [0.4, 0.5) is 17.1 Å². The summed E-state index contributed by atoms with van der Waals surface area (Å²) in [6, 6.07) is 24.6. The van der Waals surface area contributed by atoms with Crippen LogP contribution >= 0.6 is 15.9 Å². The lowest BCUT2D eigenvalue weighted by molar-refractivity contribution is -0.118. The maximum absolute atomic E-state index is 13.1. The number of halogens is 1. The second-order valence-corrected chi connectivity index (χ2v) is 11.2. The predicted molar refractivity (Wildman–Crippen MR) is 158 cm³/mol. The third-order valence-corrected chi connectivity index (χ3v) is 7.75. The van der Waals surface area contributed by atoms with Crippen LogP contribution < -0.4 is 24.8 Å². The molecular formula is C29H26BrN3O6S. The molecule has 3 N–H and O–H groups in total. The minimum absolute atomic E-state index is 0.00951. The number of rotatable bonds is 10. The topological polar surface area (TPSA) is 123 Å². The van der Waals surface area contributed by atoms with E-state index in [1.165, 1.54) is 13.2 Å². The van der Waals surface area contributed by atoms with E-state index in [4.69, 9.17) is 9.47 Å². The largest absolute Gasteiger partial charge is 0.497 e. The Morgan fingerprint density at radius 3 is 2.17 bits per heavy atom. The summed E-state index contributed by atoms with van der Waals surface area (Å²) in [6.07, 6.45) is 0. The van der Waals surface area contributed by atoms with E-state index in [0.717, 1.165) is 4.47 Å². The van der Waals surface area contributed by atoms with E-state index in [2.05, 4.69) is 31.3 Å². The molecule has 0 saturated heterocycles. The standard InChI is InChI=1S/C29H26BrN3O6S/c1-19-7-10-23(17-27(19)40(36,37)33-22-13-15-24(38-2)16-14-22)32-29(35)25-5-3-4-6-26(25)39-18-28(34)31-21-11-8-20(30)9-12-21/h3-17,33H,18H2,1-2H3,(H,31,34)(H,32,35). The van der Waals surface area contributed by atoms with Gasteiger partial charge in [-0.25, -0.2) is 8.42 Å². The molecule has 0 unspecified atom stereocenters. The number of carbonyl (C=O) groups is 2. The highest BCUT2D eigenvalue weighted by atomic mass is 79.9. The van der Waals surface area contributed by atoms with Crippen LogP contribution in [0, 0.1) is 6.92 Å². The van der Waals surface area contributed by atoms with Crippen molar-refractivity contribution in [1.29, 1.82) is 0 Å². The minimum atomic E-state index is -3.95. The van der Waals surface area contributed by atoms with Gasteiger partial charge in [-0.15, -0.1) is 0 Å². The predicted octanol–water partition coefficient (Wildman–Crippen LogP) is 5.84. The van der Waals surface area contributed by atoms with Crippen molar-refractivity contribution >= 4 is 54.8 Å².